The molecule has 0 aromatic rings. The van der Waals surface area contributed by atoms with Crippen LogP contribution >= 0.6 is 0 Å². The van der Waals surface area contributed by atoms with Crippen molar-refractivity contribution in [2.75, 3.05) is 0 Å². The van der Waals surface area contributed by atoms with Crippen molar-refractivity contribution >= 4 is 12.4 Å². The molecule has 0 spiro atoms. The number of hydrogen-bond acceptors (Lipinski definition) is 2. The summed E-state index contributed by atoms with van der Waals surface area (Å²) in [4.78, 5) is 20.5. The number of carboxylic acid groups (broad SMARTS) is 1. The van der Waals surface area contributed by atoms with E-state index < -0.39 is 12.1 Å². The first-order valence-electron chi connectivity index (χ1n) is 4.01. The Labute approximate surface area is 72.0 Å². The van der Waals surface area contributed by atoms with Crippen molar-refractivity contribution in [2.45, 2.75) is 32.7 Å². The van der Waals surface area contributed by atoms with Gasteiger partial charge in [-0.15, -0.1) is 0 Å². The Bertz CT molecular complexity index is 156. The highest BCUT2D eigenvalue weighted by Gasteiger charge is 2.09. The van der Waals surface area contributed by atoms with E-state index in [1.54, 1.807) is 0 Å². The third kappa shape index (κ3) is 5.70. The second-order valence-corrected chi connectivity index (χ2v) is 3.16. The predicted molar refractivity (Wildman–Crippen MR) is 45.1 cm³/mol. The smallest absolute Gasteiger partial charge is 0.405 e. The highest BCUT2D eigenvalue weighted by atomic mass is 16.4. The van der Waals surface area contributed by atoms with Gasteiger partial charge >= 0.3 is 6.09 Å². The minimum Gasteiger partial charge on any atom is -0.465 e. The number of aldehydes is 1. The van der Waals surface area contributed by atoms with Crippen LogP contribution in [-0.4, -0.2) is 23.5 Å². The van der Waals surface area contributed by atoms with Gasteiger partial charge in [0.05, 0.1) is 6.04 Å². The van der Waals surface area contributed by atoms with E-state index in [4.69, 9.17) is 5.11 Å². The van der Waals surface area contributed by atoms with E-state index in [1.165, 1.54) is 0 Å². The minimum atomic E-state index is -1.14. The first-order valence-corrected chi connectivity index (χ1v) is 4.01. The molecule has 0 heterocycles. The van der Waals surface area contributed by atoms with Crippen LogP contribution in [0.5, 0.6) is 0 Å². The zero-order valence-electron chi connectivity index (χ0n) is 7.41. The lowest BCUT2D eigenvalue weighted by atomic mass is 10.0. The second kappa shape index (κ2) is 5.57. The van der Waals surface area contributed by atoms with Gasteiger partial charge in [-0.25, -0.2) is 4.79 Å². The number of carbonyl (C=O) groups excluding carboxylic acids is 1. The number of carbonyl (C=O) groups is 2. The summed E-state index contributed by atoms with van der Waals surface area (Å²) in [7, 11) is 0. The normalized spacial score (nSPS) is 12.6. The lowest BCUT2D eigenvalue weighted by Crippen LogP contribution is -2.34. The molecule has 4 heteroatoms. The highest BCUT2D eigenvalue weighted by molar-refractivity contribution is 5.71. The standard InChI is InChI=1S/C8H15NO3/c1-6(2)3-4-7(5-10)9-8(11)12/h5-7,9H,3-4H2,1-2H3,(H,11,12). The maximum absolute atomic E-state index is 10.3. The fourth-order valence-corrected chi connectivity index (χ4v) is 0.846. The lowest BCUT2D eigenvalue weighted by Gasteiger charge is -2.10. The van der Waals surface area contributed by atoms with Crippen LogP contribution in [0, 0.1) is 5.92 Å². The SMILES string of the molecule is CC(C)CCC(C=O)NC(=O)O. The molecule has 1 amide bonds. The zero-order chi connectivity index (χ0) is 9.56. The Morgan fingerprint density at radius 1 is 1.50 bits per heavy atom. The molecular weight excluding hydrogens is 158 g/mol. The average molecular weight is 173 g/mol. The van der Waals surface area contributed by atoms with Gasteiger partial charge in [0.1, 0.15) is 6.29 Å². The van der Waals surface area contributed by atoms with Gasteiger partial charge < -0.3 is 15.2 Å². The van der Waals surface area contributed by atoms with Gasteiger partial charge in [-0.2, -0.15) is 0 Å². The molecule has 0 fully saturated rings. The van der Waals surface area contributed by atoms with E-state index in [0.29, 0.717) is 18.6 Å². The Kier molecular flexibility index (Phi) is 5.08. The maximum atomic E-state index is 10.3. The molecule has 1 atom stereocenters. The molecule has 0 bridgehead atoms. The van der Waals surface area contributed by atoms with E-state index in [2.05, 4.69) is 5.32 Å². The number of nitrogens with one attached hydrogen (secondary N) is 1. The van der Waals surface area contributed by atoms with Crippen molar-refractivity contribution in [3.05, 3.63) is 0 Å². The topological polar surface area (TPSA) is 66.4 Å². The molecule has 0 aliphatic rings. The molecule has 0 saturated carbocycles. The third-order valence-electron chi connectivity index (χ3n) is 1.53. The van der Waals surface area contributed by atoms with E-state index in [0.717, 1.165) is 6.42 Å². The summed E-state index contributed by atoms with van der Waals surface area (Å²) in [5.41, 5.74) is 0. The summed E-state index contributed by atoms with van der Waals surface area (Å²) in [6, 6.07) is -0.551. The molecule has 0 radical (unpaired) electrons. The first-order chi connectivity index (χ1) is 5.56. The Morgan fingerprint density at radius 3 is 2.42 bits per heavy atom. The summed E-state index contributed by atoms with van der Waals surface area (Å²) < 4.78 is 0. The van der Waals surface area contributed by atoms with Crippen molar-refractivity contribution in [1.82, 2.24) is 5.32 Å². The van der Waals surface area contributed by atoms with E-state index in [1.807, 2.05) is 13.8 Å². The minimum absolute atomic E-state index is 0.489. The molecule has 0 aliphatic heterocycles. The van der Waals surface area contributed by atoms with E-state index >= 15 is 0 Å². The lowest BCUT2D eigenvalue weighted by molar-refractivity contribution is -0.109. The molecule has 0 aromatic heterocycles. The molecule has 0 saturated heterocycles. The molecule has 4 nitrogen and oxygen atoms in total. The Morgan fingerprint density at radius 2 is 2.08 bits per heavy atom. The van der Waals surface area contributed by atoms with Crippen molar-refractivity contribution < 1.29 is 14.7 Å². The molecule has 0 aliphatic carbocycles. The van der Waals surface area contributed by atoms with Crippen LogP contribution in [0.25, 0.3) is 0 Å². The quantitative estimate of drug-likeness (QED) is 0.615. The van der Waals surface area contributed by atoms with Crippen molar-refractivity contribution in [3.63, 3.8) is 0 Å². The first kappa shape index (κ1) is 10.9. The predicted octanol–water partition coefficient (Wildman–Crippen LogP) is 1.26. The second-order valence-electron chi connectivity index (χ2n) is 3.16. The fraction of sp³-hybridized carbons (Fsp3) is 0.750. The average Bonchev–Trinajstić information content (AvgIpc) is 1.97. The monoisotopic (exact) mass is 173 g/mol. The summed E-state index contributed by atoms with van der Waals surface area (Å²) in [6.07, 6.45) is 0.920. The van der Waals surface area contributed by atoms with Gasteiger partial charge in [-0.1, -0.05) is 13.8 Å². The molecule has 70 valence electrons. The Balaban J connectivity index is 3.67. The fourth-order valence-electron chi connectivity index (χ4n) is 0.846. The van der Waals surface area contributed by atoms with Crippen LogP contribution in [0.2, 0.25) is 0 Å². The van der Waals surface area contributed by atoms with Gasteiger partial charge in [-0.05, 0) is 18.8 Å². The maximum Gasteiger partial charge on any atom is 0.405 e. The molecule has 2 N–H and O–H groups in total. The van der Waals surface area contributed by atoms with Crippen molar-refractivity contribution in [2.24, 2.45) is 5.92 Å². The third-order valence-corrected chi connectivity index (χ3v) is 1.53. The molecule has 0 aromatic carbocycles. The van der Waals surface area contributed by atoms with Gasteiger partial charge in [0.2, 0.25) is 0 Å². The van der Waals surface area contributed by atoms with Crippen LogP contribution in [0.15, 0.2) is 0 Å². The number of amides is 1. The number of rotatable bonds is 5. The van der Waals surface area contributed by atoms with Crippen LogP contribution < -0.4 is 5.32 Å². The van der Waals surface area contributed by atoms with Crippen LogP contribution in [0.1, 0.15) is 26.7 Å². The van der Waals surface area contributed by atoms with Crippen LogP contribution in [0.3, 0.4) is 0 Å². The van der Waals surface area contributed by atoms with Gasteiger partial charge in [0.25, 0.3) is 0 Å². The summed E-state index contributed by atoms with van der Waals surface area (Å²) in [6.45, 7) is 4.06. The van der Waals surface area contributed by atoms with E-state index in [9.17, 15) is 9.59 Å². The molecular formula is C8H15NO3. The summed E-state index contributed by atoms with van der Waals surface area (Å²) in [5, 5.41) is 10.4. The number of hydrogen-bond donors (Lipinski definition) is 2. The highest BCUT2D eigenvalue weighted by Crippen LogP contribution is 2.05. The molecule has 0 rings (SSSR count). The zero-order valence-corrected chi connectivity index (χ0v) is 7.41. The van der Waals surface area contributed by atoms with Gasteiger partial charge in [0.15, 0.2) is 0 Å². The van der Waals surface area contributed by atoms with Crippen molar-refractivity contribution in [3.8, 4) is 0 Å². The van der Waals surface area contributed by atoms with E-state index in [-0.39, 0.29) is 0 Å². The van der Waals surface area contributed by atoms with Gasteiger partial charge in [-0.3, -0.25) is 0 Å². The summed E-state index contributed by atoms with van der Waals surface area (Å²) >= 11 is 0. The largest absolute Gasteiger partial charge is 0.465 e. The molecule has 12 heavy (non-hydrogen) atoms. The van der Waals surface area contributed by atoms with Gasteiger partial charge in [0, 0.05) is 0 Å². The Hall–Kier alpha value is -1.06. The molecule has 1 unspecified atom stereocenters. The van der Waals surface area contributed by atoms with Crippen LogP contribution in [-0.2, 0) is 4.79 Å². The van der Waals surface area contributed by atoms with Crippen molar-refractivity contribution in [1.29, 1.82) is 0 Å². The van der Waals surface area contributed by atoms with Crippen LogP contribution in [0.4, 0.5) is 4.79 Å². The summed E-state index contributed by atoms with van der Waals surface area (Å²) in [5.74, 6) is 0.489.